The molecule has 3 heterocycles. The summed E-state index contributed by atoms with van der Waals surface area (Å²) in [5.74, 6) is -0.472. The fourth-order valence-electron chi connectivity index (χ4n) is 3.24. The number of morpholine rings is 1. The molecule has 0 bridgehead atoms. The van der Waals surface area contributed by atoms with Gasteiger partial charge < -0.3 is 9.84 Å². The van der Waals surface area contributed by atoms with Crippen LogP contribution in [0.5, 0.6) is 0 Å². The average molecular weight is 294 g/mol. The van der Waals surface area contributed by atoms with E-state index in [-0.39, 0.29) is 6.10 Å². The van der Waals surface area contributed by atoms with Crippen molar-refractivity contribution in [3.63, 3.8) is 0 Å². The number of carboxylic acids is 1. The van der Waals surface area contributed by atoms with Crippen LogP contribution in [0.4, 0.5) is 0 Å². The second-order valence-electron chi connectivity index (χ2n) is 5.96. The number of fused-ring (bicyclic) bond motifs is 1. The van der Waals surface area contributed by atoms with Crippen LogP contribution in [0, 0.1) is 0 Å². The Kier molecular flexibility index (Phi) is 3.05. The number of rotatable bonds is 3. The normalized spacial score (nSPS) is 30.4. The number of hydrogen-bond acceptors (Lipinski definition) is 5. The van der Waals surface area contributed by atoms with Gasteiger partial charge in [-0.3, -0.25) is 4.90 Å². The summed E-state index contributed by atoms with van der Waals surface area (Å²) >= 11 is 1.31. The van der Waals surface area contributed by atoms with Gasteiger partial charge in [0.2, 0.25) is 0 Å². The van der Waals surface area contributed by atoms with Crippen LogP contribution >= 0.6 is 11.3 Å². The number of ether oxygens (including phenoxy) is 1. The van der Waals surface area contributed by atoms with Crippen LogP contribution in [0.25, 0.3) is 0 Å². The highest BCUT2D eigenvalue weighted by molar-refractivity contribution is 7.13. The molecule has 0 amide bonds. The molecule has 20 heavy (non-hydrogen) atoms. The van der Waals surface area contributed by atoms with Crippen molar-refractivity contribution in [2.45, 2.75) is 43.7 Å². The van der Waals surface area contributed by atoms with E-state index in [1.54, 1.807) is 0 Å². The maximum Gasteiger partial charge on any atom is 0.347 e. The van der Waals surface area contributed by atoms with Crippen molar-refractivity contribution < 1.29 is 14.6 Å². The van der Waals surface area contributed by atoms with Gasteiger partial charge >= 0.3 is 5.97 Å². The van der Waals surface area contributed by atoms with E-state index in [0.29, 0.717) is 16.8 Å². The maximum atomic E-state index is 11.4. The zero-order valence-electron chi connectivity index (χ0n) is 11.2. The Morgan fingerprint density at radius 1 is 1.40 bits per heavy atom. The number of carbonyl (C=O) groups is 1. The van der Waals surface area contributed by atoms with Crippen molar-refractivity contribution in [3.8, 4) is 0 Å². The fourth-order valence-corrected chi connectivity index (χ4v) is 4.27. The molecule has 2 unspecified atom stereocenters. The standard InChI is InChI=1S/C14H18N2O3S/c17-14(18)12-11(8-3-4-8)15-13(20-12)10-6-16-5-1-2-9(16)7-19-10/h8-10H,1-7H2,(H,17,18). The van der Waals surface area contributed by atoms with E-state index in [1.807, 2.05) is 0 Å². The van der Waals surface area contributed by atoms with Gasteiger partial charge in [-0.05, 0) is 32.2 Å². The van der Waals surface area contributed by atoms with Crippen molar-refractivity contribution in [1.29, 1.82) is 0 Å². The van der Waals surface area contributed by atoms with E-state index in [2.05, 4.69) is 9.88 Å². The number of aromatic carboxylic acids is 1. The lowest BCUT2D eigenvalue weighted by molar-refractivity contribution is -0.0502. The number of aromatic nitrogens is 1. The van der Waals surface area contributed by atoms with Crippen LogP contribution in [0.15, 0.2) is 0 Å². The van der Waals surface area contributed by atoms with Gasteiger partial charge in [-0.2, -0.15) is 0 Å². The fraction of sp³-hybridized carbons (Fsp3) is 0.714. The molecular weight excluding hydrogens is 276 g/mol. The molecule has 2 saturated heterocycles. The van der Waals surface area contributed by atoms with E-state index in [1.165, 1.54) is 24.2 Å². The molecule has 4 rings (SSSR count). The van der Waals surface area contributed by atoms with E-state index in [4.69, 9.17) is 4.74 Å². The summed E-state index contributed by atoms with van der Waals surface area (Å²) in [5, 5.41) is 10.2. The Labute approximate surface area is 121 Å². The smallest absolute Gasteiger partial charge is 0.347 e. The molecule has 0 spiro atoms. The van der Waals surface area contributed by atoms with Crippen LogP contribution in [-0.4, -0.2) is 46.7 Å². The second kappa shape index (κ2) is 4.79. The summed E-state index contributed by atoms with van der Waals surface area (Å²) < 4.78 is 5.94. The van der Waals surface area contributed by atoms with Crippen molar-refractivity contribution in [3.05, 3.63) is 15.6 Å². The first kappa shape index (κ1) is 12.7. The molecule has 2 atom stereocenters. The van der Waals surface area contributed by atoms with E-state index in [9.17, 15) is 9.90 Å². The van der Waals surface area contributed by atoms with E-state index >= 15 is 0 Å². The zero-order valence-corrected chi connectivity index (χ0v) is 12.1. The quantitative estimate of drug-likeness (QED) is 0.926. The molecule has 1 aromatic heterocycles. The predicted octanol–water partition coefficient (Wildman–Crippen LogP) is 2.25. The summed E-state index contributed by atoms with van der Waals surface area (Å²) in [6, 6.07) is 0.563. The lowest BCUT2D eigenvalue weighted by Crippen LogP contribution is -2.42. The molecule has 2 aliphatic heterocycles. The Morgan fingerprint density at radius 3 is 3.00 bits per heavy atom. The number of nitrogens with zero attached hydrogens (tertiary/aromatic N) is 2. The minimum atomic E-state index is -0.842. The van der Waals surface area contributed by atoms with Crippen LogP contribution in [0.1, 0.15) is 58.1 Å². The third kappa shape index (κ3) is 2.16. The lowest BCUT2D eigenvalue weighted by Gasteiger charge is -2.34. The third-order valence-corrected chi connectivity index (χ3v) is 5.64. The summed E-state index contributed by atoms with van der Waals surface area (Å²) in [4.78, 5) is 18.9. The largest absolute Gasteiger partial charge is 0.477 e. The topological polar surface area (TPSA) is 62.7 Å². The Balaban J connectivity index is 1.58. The number of thiazole rings is 1. The van der Waals surface area contributed by atoms with Crippen molar-refractivity contribution in [2.24, 2.45) is 0 Å². The van der Waals surface area contributed by atoms with Gasteiger partial charge in [0, 0.05) is 18.5 Å². The molecular formula is C14H18N2O3S. The highest BCUT2D eigenvalue weighted by atomic mass is 32.1. The first-order chi connectivity index (χ1) is 9.72. The van der Waals surface area contributed by atoms with Crippen molar-refractivity contribution in [1.82, 2.24) is 9.88 Å². The van der Waals surface area contributed by atoms with Crippen LogP contribution < -0.4 is 0 Å². The van der Waals surface area contributed by atoms with Crippen LogP contribution in [0.3, 0.4) is 0 Å². The van der Waals surface area contributed by atoms with E-state index in [0.717, 1.165) is 43.2 Å². The van der Waals surface area contributed by atoms with Gasteiger partial charge in [-0.25, -0.2) is 9.78 Å². The number of hydrogen-bond donors (Lipinski definition) is 1. The van der Waals surface area contributed by atoms with Gasteiger partial charge in [0.15, 0.2) is 0 Å². The molecule has 1 N–H and O–H groups in total. The van der Waals surface area contributed by atoms with Crippen molar-refractivity contribution in [2.75, 3.05) is 19.7 Å². The van der Waals surface area contributed by atoms with Crippen LogP contribution in [0.2, 0.25) is 0 Å². The average Bonchev–Trinajstić information content (AvgIpc) is 3.02. The predicted molar refractivity (Wildman–Crippen MR) is 74.3 cm³/mol. The molecule has 108 valence electrons. The first-order valence-electron chi connectivity index (χ1n) is 7.32. The van der Waals surface area contributed by atoms with Crippen molar-refractivity contribution >= 4 is 17.3 Å². The first-order valence-corrected chi connectivity index (χ1v) is 8.13. The van der Waals surface area contributed by atoms with E-state index < -0.39 is 5.97 Å². The number of carboxylic acid groups (broad SMARTS) is 1. The van der Waals surface area contributed by atoms with Crippen LogP contribution in [-0.2, 0) is 4.74 Å². The van der Waals surface area contributed by atoms with Gasteiger partial charge in [0.1, 0.15) is 16.0 Å². The molecule has 1 aromatic rings. The Bertz CT molecular complexity index is 541. The minimum absolute atomic E-state index is 0.0417. The third-order valence-electron chi connectivity index (χ3n) is 4.49. The Hall–Kier alpha value is -0.980. The minimum Gasteiger partial charge on any atom is -0.477 e. The zero-order chi connectivity index (χ0) is 13.7. The summed E-state index contributed by atoms with van der Waals surface area (Å²) in [6.07, 6.45) is 4.57. The second-order valence-corrected chi connectivity index (χ2v) is 6.99. The highest BCUT2D eigenvalue weighted by Crippen LogP contribution is 2.44. The summed E-state index contributed by atoms with van der Waals surface area (Å²) in [5.41, 5.74) is 0.796. The molecule has 0 aromatic carbocycles. The molecule has 1 aliphatic carbocycles. The molecule has 3 fully saturated rings. The molecule has 5 nitrogen and oxygen atoms in total. The van der Waals surface area contributed by atoms with Gasteiger partial charge in [-0.1, -0.05) is 0 Å². The lowest BCUT2D eigenvalue weighted by atomic mass is 10.2. The molecule has 0 radical (unpaired) electrons. The highest BCUT2D eigenvalue weighted by Gasteiger charge is 2.37. The monoisotopic (exact) mass is 294 g/mol. The molecule has 6 heteroatoms. The SMILES string of the molecule is O=C(O)c1sc(C2CN3CCCC3CO2)nc1C1CC1. The molecule has 3 aliphatic rings. The molecule has 1 saturated carbocycles. The van der Waals surface area contributed by atoms with Gasteiger partial charge in [0.05, 0.1) is 12.3 Å². The van der Waals surface area contributed by atoms with Gasteiger partial charge in [0.25, 0.3) is 0 Å². The summed E-state index contributed by atoms with van der Waals surface area (Å²) in [6.45, 7) is 2.75. The Morgan fingerprint density at radius 2 is 2.25 bits per heavy atom. The maximum absolute atomic E-state index is 11.4. The summed E-state index contributed by atoms with van der Waals surface area (Å²) in [7, 11) is 0. The van der Waals surface area contributed by atoms with Gasteiger partial charge in [-0.15, -0.1) is 11.3 Å².